The van der Waals surface area contributed by atoms with E-state index in [1.807, 2.05) is 6.07 Å². The Bertz CT molecular complexity index is 2830. The summed E-state index contributed by atoms with van der Waals surface area (Å²) in [6.45, 7) is 5.71. The first-order chi connectivity index (χ1) is 34.4. The number of anilines is 2. The number of hydrogen-bond donors (Lipinski definition) is 2. The third-order valence-corrected chi connectivity index (χ3v) is 15.1. The van der Waals surface area contributed by atoms with Crippen LogP contribution in [0.1, 0.15) is 80.3 Å². The second kappa shape index (κ2) is 26.2. The molecule has 8 rings (SSSR count). The fourth-order valence-corrected chi connectivity index (χ4v) is 11.0. The average Bonchev–Trinajstić information content (AvgIpc) is 3.95. The number of carbonyl (C=O) groups excluding carboxylic acids is 2. The lowest BCUT2D eigenvalue weighted by molar-refractivity contribution is -0.671. The van der Waals surface area contributed by atoms with Crippen LogP contribution in [0.3, 0.4) is 0 Å². The third kappa shape index (κ3) is 14.3. The summed E-state index contributed by atoms with van der Waals surface area (Å²) in [7, 11) is 4.25. The Morgan fingerprint density at radius 2 is 1.51 bits per heavy atom. The van der Waals surface area contributed by atoms with Gasteiger partial charge in [-0.1, -0.05) is 97.1 Å². The van der Waals surface area contributed by atoms with Gasteiger partial charge in [-0.05, 0) is 131 Å². The topological polar surface area (TPSA) is 84.7 Å². The SMILES string of the molecule is CN(CCCNCC(=O)CCCCC[n+]1ccc(C=CC=C2Sc3ccccc3N2C)c2ccccc21)CCCNC(=O)CCCCCN1C=CC(=CC=Cc2nc3ccccc3s2)c2ccccc21. The van der Waals surface area contributed by atoms with Crippen molar-refractivity contribution in [2.24, 2.45) is 0 Å². The minimum absolute atomic E-state index is 0.141. The first-order valence-electron chi connectivity index (χ1n) is 25.2. The number of aromatic nitrogens is 2. The Morgan fingerprint density at radius 3 is 2.40 bits per heavy atom. The number of para-hydroxylation sites is 4. The molecule has 0 saturated carbocycles. The van der Waals surface area contributed by atoms with E-state index in [-0.39, 0.29) is 11.7 Å². The normalized spacial score (nSPS) is 14.6. The zero-order chi connectivity index (χ0) is 48.3. The Labute approximate surface area is 423 Å². The predicted molar refractivity (Wildman–Crippen MR) is 296 cm³/mol. The highest BCUT2D eigenvalue weighted by Gasteiger charge is 2.21. The summed E-state index contributed by atoms with van der Waals surface area (Å²) in [5.74, 6) is 0.431. The molecule has 4 heterocycles. The van der Waals surface area contributed by atoms with Crippen LogP contribution in [0.15, 0.2) is 156 Å². The van der Waals surface area contributed by atoms with Gasteiger partial charge in [0.2, 0.25) is 11.4 Å². The van der Waals surface area contributed by atoms with Gasteiger partial charge in [-0.3, -0.25) is 9.59 Å². The summed E-state index contributed by atoms with van der Waals surface area (Å²) in [4.78, 5) is 38.1. The quantitative estimate of drug-likeness (QED) is 0.0411. The highest BCUT2D eigenvalue weighted by atomic mass is 32.2. The molecule has 0 saturated heterocycles. The zero-order valence-electron chi connectivity index (χ0n) is 40.9. The number of ketones is 1. The molecule has 0 radical (unpaired) electrons. The molecule has 70 heavy (non-hydrogen) atoms. The van der Waals surface area contributed by atoms with Crippen molar-refractivity contribution in [2.45, 2.75) is 75.6 Å². The van der Waals surface area contributed by atoms with Gasteiger partial charge in [-0.2, -0.15) is 4.57 Å². The monoisotopic (exact) mass is 970 g/mol. The van der Waals surface area contributed by atoms with Crippen LogP contribution in [-0.4, -0.2) is 74.9 Å². The molecule has 6 aromatic rings. The van der Waals surface area contributed by atoms with Gasteiger partial charge in [-0.15, -0.1) is 11.3 Å². The molecule has 0 aliphatic carbocycles. The van der Waals surface area contributed by atoms with Crippen LogP contribution in [0.4, 0.5) is 11.4 Å². The van der Waals surface area contributed by atoms with Crippen molar-refractivity contribution in [2.75, 3.05) is 63.2 Å². The molecule has 0 bridgehead atoms. The van der Waals surface area contributed by atoms with Crippen molar-refractivity contribution in [1.29, 1.82) is 0 Å². The second-order valence-electron chi connectivity index (χ2n) is 18.2. The standard InChI is InChI=1S/C59H67N7O2S2/c1-63(40-20-38-61-57(68)32-6-4-16-42-66-43-35-46(49-24-7-10-27-52(49)66)21-17-33-58-62-51-26-9-13-30-55(51)69-58)39-19-37-60-45-48(67)23-5-3-15-41-65-44-36-47(50-25-8-11-28-53(50)65)22-18-34-59-64(2)54-29-12-14-31-56(54)70-59/h7-14,17-18,21-22,24-31,33-36,43-44,60H,3-6,15-16,19-20,23,32,37-42,45H2,1-2H3/p+1. The predicted octanol–water partition coefficient (Wildman–Crippen LogP) is 12.1. The number of amides is 1. The number of Topliss-reactive ketones (excluding diaryl/α,β-unsaturated/α-hetero) is 1. The van der Waals surface area contributed by atoms with Gasteiger partial charge in [-0.25, -0.2) is 4.98 Å². The maximum atomic E-state index is 12.6. The van der Waals surface area contributed by atoms with Crippen molar-refractivity contribution >= 4 is 85.0 Å². The first kappa shape index (κ1) is 50.3. The number of nitrogens with one attached hydrogen (secondary N) is 2. The van der Waals surface area contributed by atoms with Crippen molar-refractivity contribution in [3.8, 4) is 0 Å². The smallest absolute Gasteiger partial charge is 0.219 e. The molecule has 1 amide bonds. The van der Waals surface area contributed by atoms with E-state index in [9.17, 15) is 9.59 Å². The number of thioether (sulfide) groups is 1. The van der Waals surface area contributed by atoms with Crippen LogP contribution in [-0.2, 0) is 16.1 Å². The number of benzene rings is 4. The summed E-state index contributed by atoms with van der Waals surface area (Å²) in [6, 6.07) is 36.2. The van der Waals surface area contributed by atoms with Gasteiger partial charge in [0.1, 0.15) is 17.3 Å². The zero-order valence-corrected chi connectivity index (χ0v) is 42.5. The van der Waals surface area contributed by atoms with Crippen LogP contribution in [0, 0.1) is 0 Å². The lowest BCUT2D eigenvalue weighted by Crippen LogP contribution is -2.34. The molecule has 0 spiro atoms. The summed E-state index contributed by atoms with van der Waals surface area (Å²) in [5, 5.41) is 9.95. The third-order valence-electron chi connectivity index (χ3n) is 12.9. The van der Waals surface area contributed by atoms with Gasteiger partial charge >= 0.3 is 0 Å². The number of carbonyl (C=O) groups is 2. The van der Waals surface area contributed by atoms with E-state index < -0.39 is 0 Å². The van der Waals surface area contributed by atoms with Gasteiger partial charge in [0.15, 0.2) is 6.20 Å². The largest absolute Gasteiger partial charge is 0.356 e. The van der Waals surface area contributed by atoms with E-state index in [2.05, 4.69) is 196 Å². The average molecular weight is 971 g/mol. The molecule has 0 unspecified atom stereocenters. The molecule has 2 aliphatic rings. The fraction of sp³-hybridized carbons (Fsp3) is 0.322. The number of allylic oxidation sites excluding steroid dienone is 6. The van der Waals surface area contributed by atoms with Gasteiger partial charge in [0.25, 0.3) is 0 Å². The van der Waals surface area contributed by atoms with Crippen LogP contribution in [0.5, 0.6) is 0 Å². The van der Waals surface area contributed by atoms with Crippen molar-refractivity contribution in [1.82, 2.24) is 20.5 Å². The number of pyridine rings is 1. The maximum absolute atomic E-state index is 12.6. The molecule has 2 aliphatic heterocycles. The Kier molecular flexibility index (Phi) is 18.8. The number of aryl methyl sites for hydroxylation is 1. The molecule has 4 aromatic carbocycles. The number of nitrogens with zero attached hydrogens (tertiary/aromatic N) is 5. The molecular weight excluding hydrogens is 903 g/mol. The number of unbranched alkanes of at least 4 members (excludes halogenated alkanes) is 4. The molecule has 362 valence electrons. The Balaban J connectivity index is 0.626. The molecule has 2 N–H and O–H groups in total. The van der Waals surface area contributed by atoms with E-state index in [1.54, 1.807) is 23.1 Å². The molecule has 0 atom stereocenters. The van der Waals surface area contributed by atoms with E-state index in [0.29, 0.717) is 25.9 Å². The number of fused-ring (bicyclic) bond motifs is 4. The molecule has 11 heteroatoms. The Morgan fingerprint density at radius 1 is 0.757 bits per heavy atom. The van der Waals surface area contributed by atoms with Crippen molar-refractivity contribution in [3.63, 3.8) is 0 Å². The summed E-state index contributed by atoms with van der Waals surface area (Å²) >= 11 is 3.51. The van der Waals surface area contributed by atoms with E-state index in [4.69, 9.17) is 4.98 Å². The van der Waals surface area contributed by atoms with Gasteiger partial charge < -0.3 is 25.3 Å². The summed E-state index contributed by atoms with van der Waals surface area (Å²) in [5.41, 5.74) is 8.37. The molecule has 0 fully saturated rings. The number of thiazole rings is 1. The summed E-state index contributed by atoms with van der Waals surface area (Å²) in [6.07, 6.45) is 28.5. The summed E-state index contributed by atoms with van der Waals surface area (Å²) < 4.78 is 3.55. The van der Waals surface area contributed by atoms with Gasteiger partial charge in [0, 0.05) is 73.9 Å². The number of hydrogen-bond acceptors (Lipinski definition) is 9. The van der Waals surface area contributed by atoms with E-state index in [1.165, 1.54) is 53.6 Å². The van der Waals surface area contributed by atoms with Gasteiger partial charge in [0.05, 0.1) is 32.9 Å². The van der Waals surface area contributed by atoms with Crippen molar-refractivity contribution in [3.05, 3.63) is 167 Å². The Hall–Kier alpha value is -6.11. The maximum Gasteiger partial charge on any atom is 0.219 e. The van der Waals surface area contributed by atoms with E-state index in [0.717, 1.165) is 94.6 Å². The highest BCUT2D eigenvalue weighted by Crippen LogP contribution is 2.44. The lowest BCUT2D eigenvalue weighted by atomic mass is 9.99. The van der Waals surface area contributed by atoms with Crippen LogP contribution in [0.2, 0.25) is 0 Å². The fourth-order valence-electron chi connectivity index (χ4n) is 9.09. The van der Waals surface area contributed by atoms with Crippen molar-refractivity contribution < 1.29 is 14.2 Å². The van der Waals surface area contributed by atoms with Crippen LogP contribution < -0.4 is 25.0 Å². The van der Waals surface area contributed by atoms with Crippen LogP contribution in [0.25, 0.3) is 38.8 Å². The molecule has 2 aromatic heterocycles. The molecule has 9 nitrogen and oxygen atoms in total. The highest BCUT2D eigenvalue weighted by molar-refractivity contribution is 8.03. The first-order valence-corrected chi connectivity index (χ1v) is 26.8. The molecular formula is C59H68N7O2S2+. The van der Waals surface area contributed by atoms with Crippen LogP contribution >= 0.6 is 23.1 Å². The minimum Gasteiger partial charge on any atom is -0.356 e. The lowest BCUT2D eigenvalue weighted by Gasteiger charge is -2.27. The second-order valence-corrected chi connectivity index (χ2v) is 20.3. The number of rotatable bonds is 26. The van der Waals surface area contributed by atoms with E-state index >= 15 is 0 Å². The minimum atomic E-state index is 0.141.